The number of carbonyl (C=O) groups excluding carboxylic acids is 4. The van der Waals surface area contributed by atoms with Crippen LogP contribution in [0.2, 0.25) is 0 Å². The predicted molar refractivity (Wildman–Crippen MR) is 194 cm³/mol. The van der Waals surface area contributed by atoms with E-state index < -0.39 is 85.3 Å². The Labute approximate surface area is 324 Å². The van der Waals surface area contributed by atoms with Gasteiger partial charge in [-0.1, -0.05) is 91.0 Å². The highest BCUT2D eigenvalue weighted by atomic mass is 16.8. The summed E-state index contributed by atoms with van der Waals surface area (Å²) in [4.78, 5) is 51.5. The number of imide groups is 1. The summed E-state index contributed by atoms with van der Waals surface area (Å²) in [5, 5.41) is 0. The molecule has 3 aromatic rings. The van der Waals surface area contributed by atoms with E-state index in [4.69, 9.17) is 47.4 Å². The Kier molecular flexibility index (Phi) is 14.2. The van der Waals surface area contributed by atoms with Crippen molar-refractivity contribution >= 4 is 23.9 Å². The van der Waals surface area contributed by atoms with Crippen LogP contribution in [0.4, 0.5) is 4.79 Å². The average molecular weight is 778 g/mol. The van der Waals surface area contributed by atoms with Crippen molar-refractivity contribution in [3.63, 3.8) is 0 Å². The summed E-state index contributed by atoms with van der Waals surface area (Å²) < 4.78 is 61.7. The first kappa shape index (κ1) is 40.9. The summed E-state index contributed by atoms with van der Waals surface area (Å²) in [6.07, 6.45) is -11.0. The van der Waals surface area contributed by atoms with Crippen molar-refractivity contribution in [2.24, 2.45) is 0 Å². The Hall–Kier alpha value is -4.74. The van der Waals surface area contributed by atoms with Gasteiger partial charge in [-0.3, -0.25) is 14.4 Å². The third-order valence-electron chi connectivity index (χ3n) is 9.52. The van der Waals surface area contributed by atoms with Crippen LogP contribution < -0.4 is 0 Å². The smallest absolute Gasteiger partial charge is 0.417 e. The third-order valence-corrected chi connectivity index (χ3v) is 9.52. The number of rotatable bonds is 16. The van der Waals surface area contributed by atoms with Crippen LogP contribution in [0, 0.1) is 0 Å². The highest BCUT2D eigenvalue weighted by Gasteiger charge is 2.61. The molecule has 0 radical (unpaired) electrons. The highest BCUT2D eigenvalue weighted by molar-refractivity contribution is 5.92. The molecule has 2 amide bonds. The number of carbonyl (C=O) groups is 4. The van der Waals surface area contributed by atoms with E-state index in [1.54, 1.807) is 0 Å². The van der Waals surface area contributed by atoms with Gasteiger partial charge in [0.2, 0.25) is 5.91 Å². The Morgan fingerprint density at radius 1 is 0.643 bits per heavy atom. The van der Waals surface area contributed by atoms with Crippen molar-refractivity contribution < 1.29 is 66.5 Å². The maximum atomic E-state index is 13.3. The first-order valence-electron chi connectivity index (χ1n) is 18.4. The molecule has 3 aliphatic rings. The second-order valence-corrected chi connectivity index (χ2v) is 13.6. The molecule has 3 fully saturated rings. The van der Waals surface area contributed by atoms with Crippen molar-refractivity contribution in [3.05, 3.63) is 108 Å². The van der Waals surface area contributed by atoms with Gasteiger partial charge in [0, 0.05) is 27.9 Å². The number of fused-ring (bicyclic) bond motifs is 1. The second-order valence-electron chi connectivity index (χ2n) is 13.6. The molecule has 0 aliphatic carbocycles. The van der Waals surface area contributed by atoms with E-state index in [9.17, 15) is 19.2 Å². The van der Waals surface area contributed by atoms with E-state index in [0.717, 1.165) is 21.6 Å². The molecule has 10 atom stereocenters. The number of nitrogens with zero attached hydrogens (tertiary/aromatic N) is 1. The molecule has 0 unspecified atom stereocenters. The number of esters is 2. The molecule has 0 spiro atoms. The molecule has 3 heterocycles. The zero-order valence-corrected chi connectivity index (χ0v) is 31.6. The molecule has 3 aromatic carbocycles. The molecule has 0 aromatic heterocycles. The lowest BCUT2D eigenvalue weighted by atomic mass is 9.94. The molecular weight excluding hydrogens is 730 g/mol. The van der Waals surface area contributed by atoms with Gasteiger partial charge >= 0.3 is 18.0 Å². The normalized spacial score (nSPS) is 28.6. The van der Waals surface area contributed by atoms with E-state index in [1.807, 2.05) is 91.0 Å². The van der Waals surface area contributed by atoms with Gasteiger partial charge in [0.05, 0.1) is 26.4 Å². The van der Waals surface area contributed by atoms with Crippen molar-refractivity contribution in [1.29, 1.82) is 0 Å². The fourth-order valence-electron chi connectivity index (χ4n) is 7.00. The molecule has 0 saturated carbocycles. The van der Waals surface area contributed by atoms with Crippen molar-refractivity contribution in [2.45, 2.75) is 102 Å². The van der Waals surface area contributed by atoms with Gasteiger partial charge in [0.15, 0.2) is 24.8 Å². The second kappa shape index (κ2) is 19.4. The minimum atomic E-state index is -1.44. The van der Waals surface area contributed by atoms with Crippen LogP contribution >= 0.6 is 0 Å². The largest absolute Gasteiger partial charge is 0.463 e. The molecule has 0 N–H and O–H groups in total. The van der Waals surface area contributed by atoms with Gasteiger partial charge < -0.3 is 47.4 Å². The molecule has 0 bridgehead atoms. The molecule has 15 nitrogen and oxygen atoms in total. The summed E-state index contributed by atoms with van der Waals surface area (Å²) >= 11 is 0. The molecule has 56 heavy (non-hydrogen) atoms. The van der Waals surface area contributed by atoms with Crippen molar-refractivity contribution in [2.75, 3.05) is 20.3 Å². The van der Waals surface area contributed by atoms with E-state index in [-0.39, 0.29) is 33.0 Å². The lowest BCUT2D eigenvalue weighted by molar-refractivity contribution is -0.357. The molecule has 3 saturated heterocycles. The topological polar surface area (TPSA) is 164 Å². The van der Waals surface area contributed by atoms with Crippen LogP contribution in [0.1, 0.15) is 37.5 Å². The number of hydrogen-bond acceptors (Lipinski definition) is 14. The minimum absolute atomic E-state index is 0.0435. The zero-order chi connectivity index (χ0) is 39.6. The lowest BCUT2D eigenvalue weighted by Gasteiger charge is -2.49. The summed E-state index contributed by atoms with van der Waals surface area (Å²) in [7, 11) is 1.47. The third kappa shape index (κ3) is 10.2. The molecular formula is C41H47NO14. The molecule has 3 aliphatic heterocycles. The van der Waals surface area contributed by atoms with Crippen LogP contribution in [0.3, 0.4) is 0 Å². The molecule has 6 rings (SSSR count). The van der Waals surface area contributed by atoms with Crippen LogP contribution in [-0.4, -0.2) is 111 Å². The Bertz CT molecular complexity index is 1750. The maximum absolute atomic E-state index is 13.3. The molecule has 15 heteroatoms. The Morgan fingerprint density at radius 2 is 1.18 bits per heavy atom. The fraction of sp³-hybridized carbons (Fsp3) is 0.463. The Balaban J connectivity index is 1.38. The summed E-state index contributed by atoms with van der Waals surface area (Å²) in [5.41, 5.74) is 2.67. The van der Waals surface area contributed by atoms with E-state index in [0.29, 0.717) is 0 Å². The average Bonchev–Trinajstić information content (AvgIpc) is 3.55. The maximum Gasteiger partial charge on any atom is 0.417 e. The quantitative estimate of drug-likeness (QED) is 0.151. The Morgan fingerprint density at radius 3 is 1.71 bits per heavy atom. The number of benzene rings is 3. The summed E-state index contributed by atoms with van der Waals surface area (Å²) in [5.74, 6) is -2.00. The minimum Gasteiger partial charge on any atom is -0.463 e. The predicted octanol–water partition coefficient (Wildman–Crippen LogP) is 4.09. The highest BCUT2D eigenvalue weighted by Crippen LogP contribution is 2.39. The van der Waals surface area contributed by atoms with Gasteiger partial charge in [0.1, 0.15) is 43.2 Å². The first-order valence-corrected chi connectivity index (χ1v) is 18.4. The monoisotopic (exact) mass is 777 g/mol. The van der Waals surface area contributed by atoms with Gasteiger partial charge in [-0.15, -0.1) is 0 Å². The lowest BCUT2D eigenvalue weighted by Crippen LogP contribution is -2.67. The van der Waals surface area contributed by atoms with Gasteiger partial charge in [0.25, 0.3) is 0 Å². The van der Waals surface area contributed by atoms with E-state index >= 15 is 0 Å². The zero-order valence-electron chi connectivity index (χ0n) is 31.6. The van der Waals surface area contributed by atoms with Gasteiger partial charge in [-0.2, -0.15) is 0 Å². The number of ether oxygens (including phenoxy) is 10. The van der Waals surface area contributed by atoms with Crippen LogP contribution in [0.25, 0.3) is 0 Å². The standard InChI is InChI=1S/C41H47NO14/c1-25(43)42-33-36(56-41(42)46)35(52-27(3)45)32(24-49-26(2)44)53-39(33)55-37-34(50-21-29-16-10-6-11-17-29)31(23-48-20-28-14-8-5-9-15-28)54-40(47-4)38(37)51-22-30-18-12-7-13-19-30/h5-19,31-40H,20-24H2,1-4H3/t31-,32-,33-,34+,35-,36-,37+,38-,39+,40-/m1/s1. The van der Waals surface area contributed by atoms with Crippen LogP contribution in [-0.2, 0) is 81.6 Å². The van der Waals surface area contributed by atoms with E-state index in [1.165, 1.54) is 27.9 Å². The molecule has 300 valence electrons. The van der Waals surface area contributed by atoms with Crippen LogP contribution in [0.15, 0.2) is 91.0 Å². The number of amides is 2. The SMILES string of the molecule is CO[C@@H]1O[C@H](COCc2ccccc2)[C@H](OCc2ccccc2)[C@H](O[C@@H]2O[C@H](COC(C)=O)[C@@H](OC(C)=O)[C@@H]3OC(=O)N(C(C)=O)[C@@H]23)[C@H]1OCc1ccccc1. The van der Waals surface area contributed by atoms with E-state index in [2.05, 4.69) is 0 Å². The summed E-state index contributed by atoms with van der Waals surface area (Å²) in [6.45, 7) is 3.77. The number of hydrogen-bond donors (Lipinski definition) is 0. The first-order chi connectivity index (χ1) is 27.1. The van der Waals surface area contributed by atoms with Crippen LogP contribution in [0.5, 0.6) is 0 Å². The van der Waals surface area contributed by atoms with Crippen molar-refractivity contribution in [1.82, 2.24) is 4.90 Å². The summed E-state index contributed by atoms with van der Waals surface area (Å²) in [6, 6.07) is 27.4. The van der Waals surface area contributed by atoms with Crippen molar-refractivity contribution in [3.8, 4) is 0 Å². The van der Waals surface area contributed by atoms with Gasteiger partial charge in [-0.05, 0) is 16.7 Å². The fourth-order valence-corrected chi connectivity index (χ4v) is 7.00. The number of methoxy groups -OCH3 is 1. The van der Waals surface area contributed by atoms with Gasteiger partial charge in [-0.25, -0.2) is 9.69 Å².